The summed E-state index contributed by atoms with van der Waals surface area (Å²) in [4.78, 5) is 18.6. The number of carbonyl (C=O) groups is 1. The molecule has 5 nitrogen and oxygen atoms in total. The summed E-state index contributed by atoms with van der Waals surface area (Å²) in [6.07, 6.45) is 1.26. The molecule has 1 amide bonds. The largest absolute Gasteiger partial charge is 0.393 e. The predicted molar refractivity (Wildman–Crippen MR) is 87.9 cm³/mol. The van der Waals surface area contributed by atoms with Gasteiger partial charge in [-0.05, 0) is 12.8 Å². The van der Waals surface area contributed by atoms with E-state index in [4.69, 9.17) is 0 Å². The zero-order valence-corrected chi connectivity index (χ0v) is 13.1. The van der Waals surface area contributed by atoms with Gasteiger partial charge in [-0.3, -0.25) is 9.69 Å². The minimum absolute atomic E-state index is 0.0506. The molecule has 1 aromatic heterocycles. The molecular formula is C16H19N3O2S. The predicted octanol–water partition coefficient (Wildman–Crippen LogP) is 2.21. The molecule has 116 valence electrons. The third-order valence-corrected chi connectivity index (χ3v) is 4.50. The van der Waals surface area contributed by atoms with E-state index in [-0.39, 0.29) is 12.0 Å². The maximum atomic E-state index is 12.1. The minimum atomic E-state index is -0.216. The molecule has 0 unspecified atom stereocenters. The van der Waals surface area contributed by atoms with E-state index in [1.807, 2.05) is 35.7 Å². The molecule has 1 fully saturated rings. The van der Waals surface area contributed by atoms with Gasteiger partial charge in [-0.2, -0.15) is 0 Å². The molecule has 1 aromatic carbocycles. The summed E-state index contributed by atoms with van der Waals surface area (Å²) in [5.41, 5.74) is 1.92. The topological polar surface area (TPSA) is 65.5 Å². The first-order valence-corrected chi connectivity index (χ1v) is 8.30. The first-order chi connectivity index (χ1) is 10.7. The molecule has 1 saturated heterocycles. The van der Waals surface area contributed by atoms with Crippen molar-refractivity contribution in [2.24, 2.45) is 0 Å². The molecule has 0 atom stereocenters. The van der Waals surface area contributed by atoms with Crippen LogP contribution in [0.25, 0.3) is 11.3 Å². The second-order valence-corrected chi connectivity index (χ2v) is 6.32. The van der Waals surface area contributed by atoms with Gasteiger partial charge in [0.1, 0.15) is 0 Å². The van der Waals surface area contributed by atoms with E-state index >= 15 is 0 Å². The monoisotopic (exact) mass is 317 g/mol. The Bertz CT molecular complexity index is 621. The van der Waals surface area contributed by atoms with E-state index in [1.54, 1.807) is 0 Å². The standard InChI is InChI=1S/C16H19N3O2S/c20-13-6-8-19(9-7-13)10-15(21)18-16-17-14(11-22-16)12-4-2-1-3-5-12/h1-5,11,13,20H,6-10H2,(H,17,18,21). The summed E-state index contributed by atoms with van der Waals surface area (Å²) in [5, 5.41) is 14.9. The molecule has 1 aliphatic rings. The molecule has 1 aliphatic heterocycles. The number of nitrogens with one attached hydrogen (secondary N) is 1. The van der Waals surface area contributed by atoms with Crippen LogP contribution in [0.3, 0.4) is 0 Å². The maximum Gasteiger partial charge on any atom is 0.240 e. The fourth-order valence-corrected chi connectivity index (χ4v) is 3.25. The van der Waals surface area contributed by atoms with Gasteiger partial charge in [0, 0.05) is 24.0 Å². The lowest BCUT2D eigenvalue weighted by Gasteiger charge is -2.28. The quantitative estimate of drug-likeness (QED) is 0.907. The number of aromatic nitrogens is 1. The molecule has 22 heavy (non-hydrogen) atoms. The number of rotatable bonds is 4. The van der Waals surface area contributed by atoms with Crippen LogP contribution in [0, 0.1) is 0 Å². The van der Waals surface area contributed by atoms with Crippen molar-refractivity contribution >= 4 is 22.4 Å². The van der Waals surface area contributed by atoms with E-state index in [0.717, 1.165) is 37.2 Å². The Hall–Kier alpha value is -1.76. The van der Waals surface area contributed by atoms with Gasteiger partial charge in [-0.25, -0.2) is 4.98 Å². The lowest BCUT2D eigenvalue weighted by atomic mass is 10.1. The minimum Gasteiger partial charge on any atom is -0.393 e. The normalized spacial score (nSPS) is 16.6. The summed E-state index contributed by atoms with van der Waals surface area (Å²) >= 11 is 1.43. The SMILES string of the molecule is O=C(CN1CCC(O)CC1)Nc1nc(-c2ccccc2)cs1. The third kappa shape index (κ3) is 3.91. The second kappa shape index (κ2) is 7.00. The van der Waals surface area contributed by atoms with Gasteiger partial charge in [0.05, 0.1) is 18.3 Å². The van der Waals surface area contributed by atoms with Crippen LogP contribution in [-0.2, 0) is 4.79 Å². The van der Waals surface area contributed by atoms with Crippen molar-refractivity contribution < 1.29 is 9.90 Å². The number of nitrogens with zero attached hydrogens (tertiary/aromatic N) is 2. The molecule has 6 heteroatoms. The number of carbonyl (C=O) groups excluding carboxylic acids is 1. The van der Waals surface area contributed by atoms with E-state index in [2.05, 4.69) is 15.2 Å². The molecule has 0 aliphatic carbocycles. The highest BCUT2D eigenvalue weighted by Crippen LogP contribution is 2.24. The third-order valence-electron chi connectivity index (χ3n) is 3.74. The van der Waals surface area contributed by atoms with Crippen molar-refractivity contribution in [1.29, 1.82) is 0 Å². The number of anilines is 1. The Morgan fingerprint density at radius 1 is 1.32 bits per heavy atom. The summed E-state index contributed by atoms with van der Waals surface area (Å²) in [6, 6.07) is 9.91. The van der Waals surface area contributed by atoms with Gasteiger partial charge in [0.2, 0.25) is 5.91 Å². The van der Waals surface area contributed by atoms with E-state index < -0.39 is 0 Å². The molecule has 2 aromatic rings. The van der Waals surface area contributed by atoms with Crippen molar-refractivity contribution in [3.63, 3.8) is 0 Å². The first-order valence-electron chi connectivity index (χ1n) is 7.42. The van der Waals surface area contributed by atoms with E-state index in [9.17, 15) is 9.90 Å². The number of aliphatic hydroxyl groups excluding tert-OH is 1. The Kier molecular flexibility index (Phi) is 4.82. The van der Waals surface area contributed by atoms with Crippen LogP contribution >= 0.6 is 11.3 Å². The van der Waals surface area contributed by atoms with E-state index in [0.29, 0.717) is 11.7 Å². The highest BCUT2D eigenvalue weighted by molar-refractivity contribution is 7.14. The molecule has 0 spiro atoms. The molecule has 2 N–H and O–H groups in total. The highest BCUT2D eigenvalue weighted by atomic mass is 32.1. The molecule has 0 radical (unpaired) electrons. The molecule has 0 bridgehead atoms. The fraction of sp³-hybridized carbons (Fsp3) is 0.375. The van der Waals surface area contributed by atoms with Crippen LogP contribution in [0.5, 0.6) is 0 Å². The van der Waals surface area contributed by atoms with Gasteiger partial charge in [0.15, 0.2) is 5.13 Å². The van der Waals surface area contributed by atoms with Crippen molar-refractivity contribution in [3.05, 3.63) is 35.7 Å². The number of likely N-dealkylation sites (tertiary alicyclic amines) is 1. The summed E-state index contributed by atoms with van der Waals surface area (Å²) in [5.74, 6) is -0.0506. The van der Waals surface area contributed by atoms with Crippen LogP contribution in [0.15, 0.2) is 35.7 Å². The fourth-order valence-electron chi connectivity index (χ4n) is 2.51. The number of benzene rings is 1. The van der Waals surface area contributed by atoms with Crippen LogP contribution < -0.4 is 5.32 Å². The van der Waals surface area contributed by atoms with Gasteiger partial charge in [0.25, 0.3) is 0 Å². The van der Waals surface area contributed by atoms with E-state index in [1.165, 1.54) is 11.3 Å². The number of hydrogen-bond donors (Lipinski definition) is 2. The van der Waals surface area contributed by atoms with Gasteiger partial charge < -0.3 is 10.4 Å². The molecular weight excluding hydrogens is 298 g/mol. The summed E-state index contributed by atoms with van der Waals surface area (Å²) in [7, 11) is 0. The Morgan fingerprint density at radius 3 is 2.77 bits per heavy atom. The molecule has 0 saturated carbocycles. The van der Waals surface area contributed by atoms with Gasteiger partial charge in [-0.1, -0.05) is 30.3 Å². The molecule has 3 rings (SSSR count). The Balaban J connectivity index is 1.55. The molecule has 2 heterocycles. The average Bonchev–Trinajstić information content (AvgIpc) is 2.99. The zero-order chi connectivity index (χ0) is 15.4. The summed E-state index contributed by atoms with van der Waals surface area (Å²) < 4.78 is 0. The van der Waals surface area contributed by atoms with Gasteiger partial charge in [-0.15, -0.1) is 11.3 Å². The van der Waals surface area contributed by atoms with Crippen LogP contribution in [0.4, 0.5) is 5.13 Å². The van der Waals surface area contributed by atoms with Crippen LogP contribution in [0.2, 0.25) is 0 Å². The van der Waals surface area contributed by atoms with Crippen molar-refractivity contribution in [3.8, 4) is 11.3 Å². The number of amides is 1. The van der Waals surface area contributed by atoms with Crippen LogP contribution in [0.1, 0.15) is 12.8 Å². The average molecular weight is 317 g/mol. The Labute approximate surface area is 133 Å². The summed E-state index contributed by atoms with van der Waals surface area (Å²) in [6.45, 7) is 1.89. The first kappa shape index (κ1) is 15.1. The maximum absolute atomic E-state index is 12.1. The number of piperidine rings is 1. The number of thiazole rings is 1. The van der Waals surface area contributed by atoms with Crippen LogP contribution in [-0.4, -0.2) is 46.6 Å². The zero-order valence-electron chi connectivity index (χ0n) is 12.2. The smallest absolute Gasteiger partial charge is 0.240 e. The highest BCUT2D eigenvalue weighted by Gasteiger charge is 2.19. The van der Waals surface area contributed by atoms with Crippen molar-refractivity contribution in [2.75, 3.05) is 25.0 Å². The van der Waals surface area contributed by atoms with Crippen molar-refractivity contribution in [2.45, 2.75) is 18.9 Å². The lowest BCUT2D eigenvalue weighted by Crippen LogP contribution is -2.40. The van der Waals surface area contributed by atoms with Gasteiger partial charge >= 0.3 is 0 Å². The second-order valence-electron chi connectivity index (χ2n) is 5.46. The Morgan fingerprint density at radius 2 is 2.05 bits per heavy atom. The number of hydrogen-bond acceptors (Lipinski definition) is 5. The number of aliphatic hydroxyl groups is 1. The van der Waals surface area contributed by atoms with Crippen molar-refractivity contribution in [1.82, 2.24) is 9.88 Å². The lowest BCUT2D eigenvalue weighted by molar-refractivity contribution is -0.117.